The lowest BCUT2D eigenvalue weighted by Crippen LogP contribution is -2.22. The minimum Gasteiger partial charge on any atom is -0.496 e. The molecule has 0 aromatic heterocycles. The van der Waals surface area contributed by atoms with Crippen LogP contribution in [0, 0.1) is 0 Å². The molecule has 0 radical (unpaired) electrons. The Morgan fingerprint density at radius 3 is 2.78 bits per heavy atom. The summed E-state index contributed by atoms with van der Waals surface area (Å²) in [5.41, 5.74) is 7.20. The molecule has 1 unspecified atom stereocenters. The normalized spacial score (nSPS) is 19.7. The molecule has 1 aromatic rings. The van der Waals surface area contributed by atoms with Crippen molar-refractivity contribution in [3.8, 4) is 11.5 Å². The number of nitrogens with two attached hydrogens (primary N) is 1. The Morgan fingerprint density at radius 1 is 1.06 bits per heavy atom. The number of ether oxygens (including phenoxy) is 3. The summed E-state index contributed by atoms with van der Waals surface area (Å²) in [4.78, 5) is 0. The van der Waals surface area contributed by atoms with E-state index in [9.17, 15) is 0 Å². The molecule has 0 bridgehead atoms. The summed E-state index contributed by atoms with van der Waals surface area (Å²) < 4.78 is 16.9. The molecule has 4 nitrogen and oxygen atoms in total. The maximum absolute atomic E-state index is 6.26. The Bertz CT molecular complexity index is 470. The molecule has 4 heteroatoms. The van der Waals surface area contributed by atoms with Crippen molar-refractivity contribution in [3.05, 3.63) is 35.6 Å². The number of rotatable bonds is 2. The van der Waals surface area contributed by atoms with E-state index >= 15 is 0 Å². The molecule has 0 aliphatic carbocycles. The highest BCUT2D eigenvalue weighted by atomic mass is 16.6. The lowest BCUT2D eigenvalue weighted by molar-refractivity contribution is 0.161. The van der Waals surface area contributed by atoms with Crippen molar-refractivity contribution in [1.82, 2.24) is 0 Å². The molecule has 2 N–H and O–H groups in total. The molecular formula is C14H17NO3. The number of para-hydroxylation sites is 1. The summed E-state index contributed by atoms with van der Waals surface area (Å²) in [6, 6.07) is 5.53. The van der Waals surface area contributed by atoms with E-state index in [-0.39, 0.29) is 6.04 Å². The Balaban J connectivity index is 1.93. The molecule has 18 heavy (non-hydrogen) atoms. The first-order valence-corrected chi connectivity index (χ1v) is 6.33. The van der Waals surface area contributed by atoms with Crippen LogP contribution in [0.25, 0.3) is 0 Å². The molecule has 2 aliphatic rings. The molecule has 1 atom stereocenters. The van der Waals surface area contributed by atoms with Crippen molar-refractivity contribution in [3.63, 3.8) is 0 Å². The van der Waals surface area contributed by atoms with E-state index in [2.05, 4.69) is 6.08 Å². The Kier molecular flexibility index (Phi) is 3.11. The van der Waals surface area contributed by atoms with Gasteiger partial charge in [0.2, 0.25) is 0 Å². The monoisotopic (exact) mass is 247 g/mol. The van der Waals surface area contributed by atoms with Gasteiger partial charge in [0.25, 0.3) is 0 Å². The van der Waals surface area contributed by atoms with Crippen molar-refractivity contribution in [2.24, 2.45) is 5.73 Å². The van der Waals surface area contributed by atoms with E-state index in [1.807, 2.05) is 18.2 Å². The van der Waals surface area contributed by atoms with Gasteiger partial charge in [0.05, 0.1) is 12.6 Å². The maximum Gasteiger partial charge on any atom is 0.166 e. The summed E-state index contributed by atoms with van der Waals surface area (Å²) in [6.45, 7) is 1.90. The molecule has 2 heterocycles. The highest BCUT2D eigenvalue weighted by Gasteiger charge is 2.23. The van der Waals surface area contributed by atoms with Crippen molar-refractivity contribution in [1.29, 1.82) is 0 Å². The van der Waals surface area contributed by atoms with Crippen LogP contribution in [0.4, 0.5) is 0 Å². The van der Waals surface area contributed by atoms with E-state index in [1.165, 1.54) is 0 Å². The Labute approximate surface area is 106 Å². The van der Waals surface area contributed by atoms with Gasteiger partial charge < -0.3 is 19.9 Å². The third-order valence-corrected chi connectivity index (χ3v) is 3.20. The van der Waals surface area contributed by atoms with Crippen LogP contribution in [0.15, 0.2) is 30.0 Å². The largest absolute Gasteiger partial charge is 0.496 e. The fourth-order valence-electron chi connectivity index (χ4n) is 2.29. The van der Waals surface area contributed by atoms with Gasteiger partial charge in [-0.2, -0.15) is 0 Å². The Morgan fingerprint density at radius 2 is 1.94 bits per heavy atom. The first-order valence-electron chi connectivity index (χ1n) is 6.33. The molecule has 0 spiro atoms. The molecule has 1 aromatic carbocycles. The second kappa shape index (κ2) is 4.90. The van der Waals surface area contributed by atoms with Crippen LogP contribution in [-0.4, -0.2) is 19.8 Å². The van der Waals surface area contributed by atoms with Gasteiger partial charge >= 0.3 is 0 Å². The zero-order valence-corrected chi connectivity index (χ0v) is 10.2. The minimum atomic E-state index is -0.276. The minimum absolute atomic E-state index is 0.276. The molecule has 0 saturated heterocycles. The van der Waals surface area contributed by atoms with Gasteiger partial charge in [-0.05, 0) is 25.0 Å². The summed E-state index contributed by atoms with van der Waals surface area (Å²) in [6.07, 6.45) is 4.15. The first kappa shape index (κ1) is 11.4. The van der Waals surface area contributed by atoms with Crippen LogP contribution < -0.4 is 15.2 Å². The van der Waals surface area contributed by atoms with Gasteiger partial charge in [0.1, 0.15) is 19.0 Å². The van der Waals surface area contributed by atoms with Crippen LogP contribution in [0.1, 0.15) is 24.4 Å². The van der Waals surface area contributed by atoms with Gasteiger partial charge in [-0.25, -0.2) is 0 Å². The molecule has 0 saturated carbocycles. The highest BCUT2D eigenvalue weighted by molar-refractivity contribution is 5.50. The van der Waals surface area contributed by atoms with Gasteiger partial charge in [0.15, 0.2) is 11.5 Å². The smallest absolute Gasteiger partial charge is 0.166 e. The van der Waals surface area contributed by atoms with Crippen molar-refractivity contribution in [2.45, 2.75) is 18.9 Å². The van der Waals surface area contributed by atoms with Crippen LogP contribution in [0.3, 0.4) is 0 Å². The summed E-state index contributed by atoms with van der Waals surface area (Å²) in [5, 5.41) is 0. The molecule has 96 valence electrons. The summed E-state index contributed by atoms with van der Waals surface area (Å²) >= 11 is 0. The van der Waals surface area contributed by atoms with E-state index in [0.29, 0.717) is 13.2 Å². The predicted molar refractivity (Wildman–Crippen MR) is 67.6 cm³/mol. The lowest BCUT2D eigenvalue weighted by Gasteiger charge is -2.26. The van der Waals surface area contributed by atoms with Gasteiger partial charge in [-0.15, -0.1) is 0 Å². The van der Waals surface area contributed by atoms with E-state index in [1.54, 1.807) is 0 Å². The third kappa shape index (κ3) is 2.04. The SMILES string of the molecule is NC(C1=CCCCO1)c1cccc2c1OCCO2. The van der Waals surface area contributed by atoms with Gasteiger partial charge in [0, 0.05) is 5.56 Å². The standard InChI is InChI=1S/C14H17NO3/c15-13(11-5-1-2-7-16-11)10-4-3-6-12-14(10)18-9-8-17-12/h3-6,13H,1-2,7-9,15H2. The average molecular weight is 247 g/mol. The molecule has 3 rings (SSSR count). The van der Waals surface area contributed by atoms with Gasteiger partial charge in [-0.1, -0.05) is 12.1 Å². The number of benzene rings is 1. The average Bonchev–Trinajstić information content (AvgIpc) is 2.47. The van der Waals surface area contributed by atoms with Crippen molar-refractivity contribution >= 4 is 0 Å². The number of fused-ring (bicyclic) bond motifs is 1. The molecule has 0 amide bonds. The van der Waals surface area contributed by atoms with Crippen LogP contribution >= 0.6 is 0 Å². The number of hydrogen-bond donors (Lipinski definition) is 1. The van der Waals surface area contributed by atoms with Crippen LogP contribution in [-0.2, 0) is 4.74 Å². The molecule has 2 aliphatic heterocycles. The first-order chi connectivity index (χ1) is 8.86. The zero-order chi connectivity index (χ0) is 12.4. The third-order valence-electron chi connectivity index (χ3n) is 3.20. The van der Waals surface area contributed by atoms with Crippen molar-refractivity contribution in [2.75, 3.05) is 19.8 Å². The second-order valence-electron chi connectivity index (χ2n) is 4.45. The van der Waals surface area contributed by atoms with Gasteiger partial charge in [-0.3, -0.25) is 0 Å². The topological polar surface area (TPSA) is 53.7 Å². The fraction of sp³-hybridized carbons (Fsp3) is 0.429. The highest BCUT2D eigenvalue weighted by Crippen LogP contribution is 2.38. The molecular weight excluding hydrogens is 230 g/mol. The van der Waals surface area contributed by atoms with E-state index in [4.69, 9.17) is 19.9 Å². The zero-order valence-electron chi connectivity index (χ0n) is 10.2. The predicted octanol–water partition coefficient (Wildman–Crippen LogP) is 2.15. The van der Waals surface area contributed by atoms with Crippen LogP contribution in [0.5, 0.6) is 11.5 Å². The second-order valence-corrected chi connectivity index (χ2v) is 4.45. The number of hydrogen-bond acceptors (Lipinski definition) is 4. The lowest BCUT2D eigenvalue weighted by atomic mass is 10.0. The quantitative estimate of drug-likeness (QED) is 0.870. The summed E-state index contributed by atoms with van der Waals surface area (Å²) in [7, 11) is 0. The number of allylic oxidation sites excluding steroid dienone is 1. The maximum atomic E-state index is 6.26. The van der Waals surface area contributed by atoms with Crippen LogP contribution in [0.2, 0.25) is 0 Å². The van der Waals surface area contributed by atoms with E-state index < -0.39 is 0 Å². The van der Waals surface area contributed by atoms with E-state index in [0.717, 1.165) is 42.3 Å². The Hall–Kier alpha value is -1.68. The fourth-order valence-corrected chi connectivity index (χ4v) is 2.29. The molecule has 0 fully saturated rings. The summed E-state index contributed by atoms with van der Waals surface area (Å²) in [5.74, 6) is 2.36. The van der Waals surface area contributed by atoms with Crippen molar-refractivity contribution < 1.29 is 14.2 Å².